The van der Waals surface area contributed by atoms with Gasteiger partial charge in [-0.1, -0.05) is 30.3 Å². The van der Waals surface area contributed by atoms with Crippen molar-refractivity contribution >= 4 is 17.6 Å². The molecule has 0 fully saturated rings. The monoisotopic (exact) mass is 271 g/mol. The molecule has 0 saturated carbocycles. The van der Waals surface area contributed by atoms with Gasteiger partial charge in [-0.2, -0.15) is 0 Å². The molecule has 0 unspecified atom stereocenters. The number of anilines is 1. The molecule has 102 valence electrons. The Labute approximate surface area is 115 Å². The molecule has 4 N–H and O–H groups in total. The van der Waals surface area contributed by atoms with Gasteiger partial charge in [0.15, 0.2) is 0 Å². The Morgan fingerprint density at radius 2 is 1.65 bits per heavy atom. The van der Waals surface area contributed by atoms with Crippen LogP contribution in [0, 0.1) is 6.92 Å². The van der Waals surface area contributed by atoms with Crippen LogP contribution in [0.25, 0.3) is 11.1 Å². The Hall–Kier alpha value is -2.82. The molecule has 0 heterocycles. The molecule has 0 atom stereocenters. The third-order valence-electron chi connectivity index (χ3n) is 3.16. The molecule has 0 aliphatic carbocycles. The number of nitrogens with two attached hydrogens (primary N) is 1. The minimum Gasteiger partial charge on any atom is -0.478 e. The maximum absolute atomic E-state index is 11.3. The molecule has 0 bridgehead atoms. The van der Waals surface area contributed by atoms with Crippen molar-refractivity contribution in [2.24, 2.45) is 0 Å². The Morgan fingerprint density at radius 1 is 1.05 bits per heavy atom. The molecule has 2 aromatic rings. The van der Waals surface area contributed by atoms with Gasteiger partial charge in [0.25, 0.3) is 0 Å². The number of hydrogen-bond donors (Lipinski definition) is 3. The second kappa shape index (κ2) is 5.05. The summed E-state index contributed by atoms with van der Waals surface area (Å²) in [6.07, 6.45) is 0. The van der Waals surface area contributed by atoms with Crippen LogP contribution in [-0.4, -0.2) is 22.2 Å². The van der Waals surface area contributed by atoms with E-state index in [-0.39, 0.29) is 22.4 Å². The lowest BCUT2D eigenvalue weighted by atomic mass is 9.92. The molecule has 0 aliphatic rings. The first-order chi connectivity index (χ1) is 9.43. The van der Waals surface area contributed by atoms with Crippen molar-refractivity contribution in [1.82, 2.24) is 0 Å². The van der Waals surface area contributed by atoms with Gasteiger partial charge in [-0.25, -0.2) is 9.59 Å². The highest BCUT2D eigenvalue weighted by Crippen LogP contribution is 2.33. The van der Waals surface area contributed by atoms with Crippen LogP contribution in [0.3, 0.4) is 0 Å². The lowest BCUT2D eigenvalue weighted by Gasteiger charge is -2.14. The normalized spacial score (nSPS) is 10.2. The molecule has 0 aromatic heterocycles. The van der Waals surface area contributed by atoms with Gasteiger partial charge in [-0.3, -0.25) is 0 Å². The van der Waals surface area contributed by atoms with Crippen LogP contribution in [0.15, 0.2) is 36.4 Å². The molecular weight excluding hydrogens is 258 g/mol. The summed E-state index contributed by atoms with van der Waals surface area (Å²) in [4.78, 5) is 22.6. The number of carbonyl (C=O) groups is 2. The van der Waals surface area contributed by atoms with Crippen LogP contribution in [0.1, 0.15) is 26.3 Å². The van der Waals surface area contributed by atoms with Gasteiger partial charge in [0, 0.05) is 5.56 Å². The van der Waals surface area contributed by atoms with Gasteiger partial charge in [0.05, 0.1) is 16.8 Å². The average Bonchev–Trinajstić information content (AvgIpc) is 2.39. The zero-order valence-corrected chi connectivity index (χ0v) is 10.8. The van der Waals surface area contributed by atoms with Crippen molar-refractivity contribution < 1.29 is 19.8 Å². The molecule has 0 aliphatic heterocycles. The summed E-state index contributed by atoms with van der Waals surface area (Å²) in [5.74, 6) is -2.41. The third kappa shape index (κ3) is 2.21. The number of nitrogen functional groups attached to an aromatic ring is 1. The SMILES string of the molecule is Cc1c(C(=O)O)cc(-c2ccccc2)c(N)c1C(=O)O. The van der Waals surface area contributed by atoms with Crippen LogP contribution in [0.4, 0.5) is 5.69 Å². The highest BCUT2D eigenvalue weighted by atomic mass is 16.4. The molecular formula is C15H13NO4. The Bertz CT molecular complexity index is 693. The summed E-state index contributed by atoms with van der Waals surface area (Å²) in [7, 11) is 0. The number of carboxylic acid groups (broad SMARTS) is 2. The average molecular weight is 271 g/mol. The zero-order chi connectivity index (χ0) is 14.9. The van der Waals surface area contributed by atoms with Crippen molar-refractivity contribution in [2.75, 3.05) is 5.73 Å². The summed E-state index contributed by atoms with van der Waals surface area (Å²) in [5, 5.41) is 18.5. The number of carboxylic acids is 2. The highest BCUT2D eigenvalue weighted by Gasteiger charge is 2.22. The first kappa shape index (κ1) is 13.6. The molecule has 0 saturated heterocycles. The molecule has 0 spiro atoms. The maximum Gasteiger partial charge on any atom is 0.338 e. The van der Waals surface area contributed by atoms with E-state index in [1.807, 2.05) is 6.07 Å². The molecule has 0 radical (unpaired) electrons. The standard InChI is InChI=1S/C15H13NO4/c1-8-10(14(17)18)7-11(9-5-3-2-4-6-9)13(16)12(8)15(19)20/h2-7H,16H2,1H3,(H,17,18)(H,19,20). The highest BCUT2D eigenvalue weighted by molar-refractivity contribution is 6.04. The van der Waals surface area contributed by atoms with E-state index >= 15 is 0 Å². The molecule has 0 amide bonds. The van der Waals surface area contributed by atoms with Crippen LogP contribution >= 0.6 is 0 Å². The van der Waals surface area contributed by atoms with Crippen molar-refractivity contribution in [1.29, 1.82) is 0 Å². The third-order valence-corrected chi connectivity index (χ3v) is 3.16. The summed E-state index contributed by atoms with van der Waals surface area (Å²) < 4.78 is 0. The van der Waals surface area contributed by atoms with Gasteiger partial charge in [-0.05, 0) is 24.1 Å². The van der Waals surface area contributed by atoms with E-state index in [1.165, 1.54) is 13.0 Å². The van der Waals surface area contributed by atoms with E-state index in [9.17, 15) is 19.8 Å². The molecule has 2 rings (SSSR count). The van der Waals surface area contributed by atoms with Crippen LogP contribution < -0.4 is 5.73 Å². The number of hydrogen-bond acceptors (Lipinski definition) is 3. The fraction of sp³-hybridized carbons (Fsp3) is 0.0667. The minimum atomic E-state index is -1.24. The second-order valence-corrected chi connectivity index (χ2v) is 4.36. The van der Waals surface area contributed by atoms with E-state index < -0.39 is 11.9 Å². The van der Waals surface area contributed by atoms with Crippen molar-refractivity contribution in [2.45, 2.75) is 6.92 Å². The first-order valence-electron chi connectivity index (χ1n) is 5.88. The summed E-state index contributed by atoms with van der Waals surface area (Å²) >= 11 is 0. The predicted molar refractivity (Wildman–Crippen MR) is 74.9 cm³/mol. The fourth-order valence-corrected chi connectivity index (χ4v) is 2.16. The number of benzene rings is 2. The van der Waals surface area contributed by atoms with Crippen molar-refractivity contribution in [3.8, 4) is 11.1 Å². The van der Waals surface area contributed by atoms with Crippen LogP contribution in [0.5, 0.6) is 0 Å². The van der Waals surface area contributed by atoms with Crippen molar-refractivity contribution in [3.05, 3.63) is 53.1 Å². The smallest absolute Gasteiger partial charge is 0.338 e. The maximum atomic E-state index is 11.3. The number of rotatable bonds is 3. The zero-order valence-electron chi connectivity index (χ0n) is 10.8. The van der Waals surface area contributed by atoms with Gasteiger partial charge >= 0.3 is 11.9 Å². The first-order valence-corrected chi connectivity index (χ1v) is 5.88. The van der Waals surface area contributed by atoms with E-state index in [0.717, 1.165) is 0 Å². The van der Waals surface area contributed by atoms with Gasteiger partial charge in [0.1, 0.15) is 0 Å². The molecule has 2 aromatic carbocycles. The van der Waals surface area contributed by atoms with Crippen molar-refractivity contribution in [3.63, 3.8) is 0 Å². The molecule has 20 heavy (non-hydrogen) atoms. The molecule has 5 heteroatoms. The number of aromatic carboxylic acids is 2. The minimum absolute atomic E-state index is 0.0598. The predicted octanol–water partition coefficient (Wildman–Crippen LogP) is 2.64. The lowest BCUT2D eigenvalue weighted by Crippen LogP contribution is -2.12. The largest absolute Gasteiger partial charge is 0.478 e. The van der Waals surface area contributed by atoms with Crippen LogP contribution in [-0.2, 0) is 0 Å². The Kier molecular flexibility index (Phi) is 3.43. The van der Waals surface area contributed by atoms with E-state index in [4.69, 9.17) is 5.73 Å². The quantitative estimate of drug-likeness (QED) is 0.745. The summed E-state index contributed by atoms with van der Waals surface area (Å²) in [6, 6.07) is 10.3. The van der Waals surface area contributed by atoms with E-state index in [0.29, 0.717) is 11.1 Å². The lowest BCUT2D eigenvalue weighted by molar-refractivity contribution is 0.0696. The van der Waals surface area contributed by atoms with E-state index in [1.54, 1.807) is 24.3 Å². The Balaban J connectivity index is 2.83. The second-order valence-electron chi connectivity index (χ2n) is 4.36. The Morgan fingerprint density at radius 3 is 2.15 bits per heavy atom. The van der Waals surface area contributed by atoms with Gasteiger partial charge in [0.2, 0.25) is 0 Å². The van der Waals surface area contributed by atoms with Gasteiger partial charge < -0.3 is 15.9 Å². The fourth-order valence-electron chi connectivity index (χ4n) is 2.16. The van der Waals surface area contributed by atoms with Gasteiger partial charge in [-0.15, -0.1) is 0 Å². The van der Waals surface area contributed by atoms with E-state index in [2.05, 4.69) is 0 Å². The molecule has 5 nitrogen and oxygen atoms in total. The van der Waals surface area contributed by atoms with Crippen LogP contribution in [0.2, 0.25) is 0 Å². The summed E-state index contributed by atoms with van der Waals surface area (Å²) in [5.41, 5.74) is 7.00. The summed E-state index contributed by atoms with van der Waals surface area (Å²) in [6.45, 7) is 1.44. The topological polar surface area (TPSA) is 101 Å².